The molecule has 3 atom stereocenters. The summed E-state index contributed by atoms with van der Waals surface area (Å²) in [6.45, 7) is 7.67. The molecule has 0 saturated heterocycles. The van der Waals surface area contributed by atoms with Gasteiger partial charge >= 0.3 is 0 Å². The molecule has 1 aromatic carbocycles. The number of benzene rings is 1. The Morgan fingerprint density at radius 1 is 1.47 bits per heavy atom. The summed E-state index contributed by atoms with van der Waals surface area (Å²) in [5.41, 5.74) is 4.28. The van der Waals surface area contributed by atoms with Crippen molar-refractivity contribution in [3.8, 4) is 0 Å². The molecule has 1 aliphatic rings. The number of hydrogen-bond donors (Lipinski definition) is 2. The van der Waals surface area contributed by atoms with Crippen LogP contribution in [-0.2, 0) is 6.42 Å². The minimum Gasteiger partial charge on any atom is -0.396 e. The molecular weight excluding hydrogens is 210 g/mol. The highest BCUT2D eigenvalue weighted by molar-refractivity contribution is 5.38. The molecule has 3 unspecified atom stereocenters. The van der Waals surface area contributed by atoms with Gasteiger partial charge in [0.2, 0.25) is 0 Å². The molecule has 0 aromatic heterocycles. The zero-order valence-electron chi connectivity index (χ0n) is 11.0. The zero-order valence-corrected chi connectivity index (χ0v) is 11.0. The highest BCUT2D eigenvalue weighted by Crippen LogP contribution is 2.36. The third-order valence-corrected chi connectivity index (χ3v) is 3.75. The highest BCUT2D eigenvalue weighted by atomic mass is 16.3. The minimum atomic E-state index is 0.259. The topological polar surface area (TPSA) is 32.3 Å². The van der Waals surface area contributed by atoms with Gasteiger partial charge in [0.05, 0.1) is 0 Å². The lowest BCUT2D eigenvalue weighted by Crippen LogP contribution is -2.29. The second-order valence-electron chi connectivity index (χ2n) is 5.56. The van der Waals surface area contributed by atoms with Gasteiger partial charge in [-0.3, -0.25) is 0 Å². The Bertz CT molecular complexity index is 389. The summed E-state index contributed by atoms with van der Waals surface area (Å²) < 4.78 is 0. The quantitative estimate of drug-likeness (QED) is 0.837. The summed E-state index contributed by atoms with van der Waals surface area (Å²) in [7, 11) is 0. The molecule has 2 rings (SSSR count). The Labute approximate surface area is 104 Å². The number of aliphatic hydroxyl groups excluding tert-OH is 1. The van der Waals surface area contributed by atoms with E-state index in [-0.39, 0.29) is 6.61 Å². The molecular formula is C15H23NO. The van der Waals surface area contributed by atoms with Crippen molar-refractivity contribution in [1.82, 2.24) is 5.32 Å². The van der Waals surface area contributed by atoms with Crippen molar-refractivity contribution >= 4 is 0 Å². The van der Waals surface area contributed by atoms with Crippen LogP contribution < -0.4 is 5.32 Å². The highest BCUT2D eigenvalue weighted by Gasteiger charge is 2.28. The van der Waals surface area contributed by atoms with Gasteiger partial charge in [-0.2, -0.15) is 0 Å². The van der Waals surface area contributed by atoms with Crippen molar-refractivity contribution in [2.75, 3.05) is 13.2 Å². The molecule has 1 aromatic rings. The Hall–Kier alpha value is -0.860. The first-order valence-corrected chi connectivity index (χ1v) is 6.55. The van der Waals surface area contributed by atoms with Crippen molar-refractivity contribution in [2.24, 2.45) is 11.8 Å². The van der Waals surface area contributed by atoms with Crippen LogP contribution in [0.2, 0.25) is 0 Å². The lowest BCUT2D eigenvalue weighted by molar-refractivity contribution is 0.226. The van der Waals surface area contributed by atoms with Gasteiger partial charge in [-0.05, 0) is 36.3 Å². The standard InChI is InChI=1S/C15H23NO/c1-10-4-5-13-7-12(3)15(14(13)6-10)16-8-11(2)9-17/h4-6,11-12,15-17H,7-9H2,1-3H3. The molecule has 0 bridgehead atoms. The SMILES string of the molecule is Cc1ccc2c(c1)C(NCC(C)CO)C(C)C2. The van der Waals surface area contributed by atoms with Crippen LogP contribution in [0, 0.1) is 18.8 Å². The third-order valence-electron chi connectivity index (χ3n) is 3.75. The maximum Gasteiger partial charge on any atom is 0.0468 e. The first-order chi connectivity index (χ1) is 8.11. The molecule has 0 amide bonds. The summed E-state index contributed by atoms with van der Waals surface area (Å²) in [4.78, 5) is 0. The maximum absolute atomic E-state index is 9.07. The second-order valence-corrected chi connectivity index (χ2v) is 5.56. The molecule has 17 heavy (non-hydrogen) atoms. The molecule has 0 heterocycles. The Balaban J connectivity index is 2.11. The van der Waals surface area contributed by atoms with Crippen LogP contribution >= 0.6 is 0 Å². The lowest BCUT2D eigenvalue weighted by atomic mass is 10.0. The molecule has 0 saturated carbocycles. The maximum atomic E-state index is 9.07. The predicted molar refractivity (Wildman–Crippen MR) is 71.0 cm³/mol. The molecule has 0 aliphatic heterocycles. The van der Waals surface area contributed by atoms with Crippen LogP contribution in [0.25, 0.3) is 0 Å². The molecule has 0 radical (unpaired) electrons. The van der Waals surface area contributed by atoms with E-state index in [0.29, 0.717) is 17.9 Å². The second kappa shape index (κ2) is 5.19. The molecule has 2 nitrogen and oxygen atoms in total. The number of aliphatic hydroxyl groups is 1. The summed E-state index contributed by atoms with van der Waals surface area (Å²) in [6.07, 6.45) is 1.17. The largest absolute Gasteiger partial charge is 0.396 e. The number of fused-ring (bicyclic) bond motifs is 1. The Kier molecular flexibility index (Phi) is 3.85. The van der Waals surface area contributed by atoms with E-state index in [9.17, 15) is 0 Å². The number of aryl methyl sites for hydroxylation is 1. The fraction of sp³-hybridized carbons (Fsp3) is 0.600. The van der Waals surface area contributed by atoms with Crippen LogP contribution in [-0.4, -0.2) is 18.3 Å². The first kappa shape index (κ1) is 12.6. The van der Waals surface area contributed by atoms with Gasteiger partial charge in [0, 0.05) is 19.2 Å². The van der Waals surface area contributed by atoms with E-state index < -0.39 is 0 Å². The van der Waals surface area contributed by atoms with Gasteiger partial charge < -0.3 is 10.4 Å². The van der Waals surface area contributed by atoms with Gasteiger partial charge in [0.1, 0.15) is 0 Å². The Morgan fingerprint density at radius 3 is 2.94 bits per heavy atom. The number of rotatable bonds is 4. The molecule has 94 valence electrons. The molecule has 0 spiro atoms. The normalized spacial score (nSPS) is 24.7. The fourth-order valence-electron chi connectivity index (χ4n) is 2.66. The van der Waals surface area contributed by atoms with Gasteiger partial charge in [-0.25, -0.2) is 0 Å². The summed E-state index contributed by atoms with van der Waals surface area (Å²) in [6, 6.07) is 7.22. The van der Waals surface area contributed by atoms with Crippen LogP contribution in [0.4, 0.5) is 0 Å². The van der Waals surface area contributed by atoms with E-state index in [1.54, 1.807) is 0 Å². The summed E-state index contributed by atoms with van der Waals surface area (Å²) in [5, 5.41) is 12.7. The monoisotopic (exact) mass is 233 g/mol. The van der Waals surface area contributed by atoms with Crippen molar-refractivity contribution < 1.29 is 5.11 Å². The van der Waals surface area contributed by atoms with E-state index in [2.05, 4.69) is 44.3 Å². The van der Waals surface area contributed by atoms with Crippen molar-refractivity contribution in [2.45, 2.75) is 33.2 Å². The predicted octanol–water partition coefficient (Wildman–Crippen LogP) is 2.45. The lowest BCUT2D eigenvalue weighted by Gasteiger charge is -2.21. The van der Waals surface area contributed by atoms with E-state index in [0.717, 1.165) is 6.54 Å². The van der Waals surface area contributed by atoms with Crippen molar-refractivity contribution in [1.29, 1.82) is 0 Å². The fourth-order valence-corrected chi connectivity index (χ4v) is 2.66. The van der Waals surface area contributed by atoms with Gasteiger partial charge in [0.25, 0.3) is 0 Å². The van der Waals surface area contributed by atoms with Gasteiger partial charge in [-0.15, -0.1) is 0 Å². The number of hydrogen-bond acceptors (Lipinski definition) is 2. The first-order valence-electron chi connectivity index (χ1n) is 6.55. The average molecular weight is 233 g/mol. The van der Waals surface area contributed by atoms with Crippen molar-refractivity contribution in [3.63, 3.8) is 0 Å². The van der Waals surface area contributed by atoms with Crippen molar-refractivity contribution in [3.05, 3.63) is 34.9 Å². The van der Waals surface area contributed by atoms with E-state index >= 15 is 0 Å². The smallest absolute Gasteiger partial charge is 0.0468 e. The van der Waals surface area contributed by atoms with Gasteiger partial charge in [0.15, 0.2) is 0 Å². The number of nitrogens with one attached hydrogen (secondary N) is 1. The van der Waals surface area contributed by atoms with Crippen LogP contribution in [0.3, 0.4) is 0 Å². The minimum absolute atomic E-state index is 0.259. The van der Waals surface area contributed by atoms with E-state index in [1.807, 2.05) is 0 Å². The molecule has 0 fully saturated rings. The summed E-state index contributed by atoms with van der Waals surface area (Å²) in [5.74, 6) is 0.980. The molecule has 2 N–H and O–H groups in total. The Morgan fingerprint density at radius 2 is 2.24 bits per heavy atom. The molecule has 2 heteroatoms. The average Bonchev–Trinajstić information content (AvgIpc) is 2.61. The third kappa shape index (κ3) is 2.70. The van der Waals surface area contributed by atoms with Crippen LogP contribution in [0.1, 0.15) is 36.6 Å². The van der Waals surface area contributed by atoms with E-state index in [1.165, 1.54) is 23.1 Å². The zero-order chi connectivity index (χ0) is 12.4. The van der Waals surface area contributed by atoms with Gasteiger partial charge in [-0.1, -0.05) is 37.6 Å². The summed E-state index contributed by atoms with van der Waals surface area (Å²) >= 11 is 0. The van der Waals surface area contributed by atoms with Crippen LogP contribution in [0.5, 0.6) is 0 Å². The molecule has 1 aliphatic carbocycles. The van der Waals surface area contributed by atoms with E-state index in [4.69, 9.17) is 5.11 Å². The van der Waals surface area contributed by atoms with Crippen LogP contribution in [0.15, 0.2) is 18.2 Å².